The zero-order valence-corrected chi connectivity index (χ0v) is 16.7. The molecule has 2 N–H and O–H groups in total. The van der Waals surface area contributed by atoms with Gasteiger partial charge in [0.1, 0.15) is 0 Å². The van der Waals surface area contributed by atoms with Crippen molar-refractivity contribution in [2.24, 2.45) is 5.73 Å². The van der Waals surface area contributed by atoms with Gasteiger partial charge in [0.2, 0.25) is 10.0 Å². The van der Waals surface area contributed by atoms with Crippen molar-refractivity contribution < 1.29 is 8.42 Å². The lowest BCUT2D eigenvalue weighted by Crippen LogP contribution is -2.39. The Hall–Kier alpha value is -1.50. The highest BCUT2D eigenvalue weighted by Crippen LogP contribution is 2.27. The molecule has 0 saturated carbocycles. The fourth-order valence-electron chi connectivity index (χ4n) is 3.27. The summed E-state index contributed by atoms with van der Waals surface area (Å²) in [4.78, 5) is 4.47. The van der Waals surface area contributed by atoms with E-state index in [1.54, 1.807) is 34.9 Å². The average molecular weight is 378 g/mol. The lowest BCUT2D eigenvalue weighted by molar-refractivity contribution is 0.311. The minimum absolute atomic E-state index is 0.0673. The zero-order valence-electron chi connectivity index (χ0n) is 15.9. The van der Waals surface area contributed by atoms with Crippen molar-refractivity contribution in [3.05, 3.63) is 36.7 Å². The third-order valence-electron chi connectivity index (χ3n) is 4.78. The summed E-state index contributed by atoms with van der Waals surface area (Å²) in [6, 6.07) is 7.10. The Morgan fingerprint density at radius 2 is 1.96 bits per heavy atom. The first kappa shape index (κ1) is 20.8. The van der Waals surface area contributed by atoms with E-state index in [1.807, 2.05) is 13.0 Å². The van der Waals surface area contributed by atoms with Crippen LogP contribution in [0.3, 0.4) is 0 Å². The van der Waals surface area contributed by atoms with Gasteiger partial charge in [0, 0.05) is 35.8 Å². The van der Waals surface area contributed by atoms with Crippen LogP contribution in [0, 0.1) is 0 Å². The van der Waals surface area contributed by atoms with Crippen molar-refractivity contribution in [1.82, 2.24) is 9.29 Å². The van der Waals surface area contributed by atoms with Crippen LogP contribution in [0.25, 0.3) is 10.8 Å². The second-order valence-electron chi connectivity index (χ2n) is 6.81. The third-order valence-corrected chi connectivity index (χ3v) is 6.85. The molecule has 1 unspecified atom stereocenters. The van der Waals surface area contributed by atoms with E-state index in [0.717, 1.165) is 49.3 Å². The Balaban J connectivity index is 2.36. The van der Waals surface area contributed by atoms with Crippen LogP contribution in [0.2, 0.25) is 0 Å². The smallest absolute Gasteiger partial charge is 0.243 e. The van der Waals surface area contributed by atoms with Crippen molar-refractivity contribution in [2.45, 2.75) is 63.3 Å². The van der Waals surface area contributed by atoms with Gasteiger partial charge < -0.3 is 5.73 Å². The summed E-state index contributed by atoms with van der Waals surface area (Å²) in [6.45, 7) is 5.27. The standard InChI is InChI=1S/C20H31N3O2S/c1-3-4-5-6-15-23(17(2)9-8-13-21)26(24,25)20-11-7-10-18-16-22-14-12-19(18)20/h7,10-12,14,16-17H,3-6,8-9,13,15,21H2,1-2H3. The van der Waals surface area contributed by atoms with Crippen molar-refractivity contribution in [3.8, 4) is 0 Å². The SMILES string of the molecule is CCCCCCN(C(C)CCCN)S(=O)(=O)c1cccc2cnccc12. The zero-order chi connectivity index (χ0) is 19.0. The summed E-state index contributed by atoms with van der Waals surface area (Å²) in [6.07, 6.45) is 9.13. The highest BCUT2D eigenvalue weighted by Gasteiger charge is 2.29. The number of nitrogens with zero attached hydrogens (tertiary/aromatic N) is 2. The van der Waals surface area contributed by atoms with E-state index in [2.05, 4.69) is 11.9 Å². The first-order valence-electron chi connectivity index (χ1n) is 9.57. The van der Waals surface area contributed by atoms with Gasteiger partial charge in [0.05, 0.1) is 4.90 Å². The molecule has 1 atom stereocenters. The maximum absolute atomic E-state index is 13.5. The number of unbranched alkanes of at least 4 members (excludes halogenated alkanes) is 3. The minimum Gasteiger partial charge on any atom is -0.330 e. The molecule has 26 heavy (non-hydrogen) atoms. The molecule has 0 aliphatic heterocycles. The fourth-order valence-corrected chi connectivity index (χ4v) is 5.19. The van der Waals surface area contributed by atoms with Crippen LogP contribution < -0.4 is 5.73 Å². The number of fused-ring (bicyclic) bond motifs is 1. The molecule has 2 aromatic rings. The maximum Gasteiger partial charge on any atom is 0.243 e. The van der Waals surface area contributed by atoms with E-state index in [4.69, 9.17) is 5.73 Å². The van der Waals surface area contributed by atoms with Gasteiger partial charge in [0.15, 0.2) is 0 Å². The van der Waals surface area contributed by atoms with E-state index < -0.39 is 10.0 Å². The van der Waals surface area contributed by atoms with Gasteiger partial charge in [-0.15, -0.1) is 0 Å². The molecular weight excluding hydrogens is 346 g/mol. The largest absolute Gasteiger partial charge is 0.330 e. The first-order valence-corrected chi connectivity index (χ1v) is 11.0. The Kier molecular flexibility index (Phi) is 8.00. The van der Waals surface area contributed by atoms with Crippen LogP contribution in [0.4, 0.5) is 0 Å². The third kappa shape index (κ3) is 5.02. The quantitative estimate of drug-likeness (QED) is 0.602. The lowest BCUT2D eigenvalue weighted by Gasteiger charge is -2.29. The molecule has 0 bridgehead atoms. The van der Waals surface area contributed by atoms with E-state index >= 15 is 0 Å². The molecular formula is C20H31N3O2S. The summed E-state index contributed by atoms with van der Waals surface area (Å²) < 4.78 is 28.7. The molecule has 5 nitrogen and oxygen atoms in total. The van der Waals surface area contributed by atoms with Crippen LogP contribution in [0.5, 0.6) is 0 Å². The Morgan fingerprint density at radius 3 is 2.69 bits per heavy atom. The highest BCUT2D eigenvalue weighted by atomic mass is 32.2. The molecule has 0 aliphatic rings. The van der Waals surface area contributed by atoms with Crippen LogP contribution >= 0.6 is 0 Å². The van der Waals surface area contributed by atoms with E-state index in [-0.39, 0.29) is 6.04 Å². The van der Waals surface area contributed by atoms with Crippen LogP contribution in [-0.2, 0) is 10.0 Å². The average Bonchev–Trinajstić information content (AvgIpc) is 2.65. The predicted octanol–water partition coefficient (Wildman–Crippen LogP) is 3.93. The molecule has 1 aromatic heterocycles. The number of hydrogen-bond acceptors (Lipinski definition) is 4. The molecule has 6 heteroatoms. The molecule has 0 radical (unpaired) electrons. The Labute approximate surface area is 157 Å². The molecule has 1 heterocycles. The number of hydrogen-bond donors (Lipinski definition) is 1. The summed E-state index contributed by atoms with van der Waals surface area (Å²) in [5.74, 6) is 0. The van der Waals surface area contributed by atoms with Crippen molar-refractivity contribution in [3.63, 3.8) is 0 Å². The molecule has 0 amide bonds. The van der Waals surface area contributed by atoms with Gasteiger partial charge in [-0.1, -0.05) is 38.3 Å². The number of pyridine rings is 1. The van der Waals surface area contributed by atoms with Crippen LogP contribution in [0.15, 0.2) is 41.6 Å². The monoisotopic (exact) mass is 377 g/mol. The molecule has 0 spiro atoms. The summed E-state index contributed by atoms with van der Waals surface area (Å²) in [5.41, 5.74) is 5.64. The van der Waals surface area contributed by atoms with Gasteiger partial charge in [-0.25, -0.2) is 8.42 Å². The van der Waals surface area contributed by atoms with Gasteiger partial charge in [-0.3, -0.25) is 4.98 Å². The van der Waals surface area contributed by atoms with Crippen molar-refractivity contribution in [2.75, 3.05) is 13.1 Å². The van der Waals surface area contributed by atoms with E-state index in [1.165, 1.54) is 0 Å². The Bertz CT molecular complexity index is 787. The lowest BCUT2D eigenvalue weighted by atomic mass is 10.1. The Morgan fingerprint density at radius 1 is 1.15 bits per heavy atom. The summed E-state index contributed by atoms with van der Waals surface area (Å²) >= 11 is 0. The molecule has 1 aromatic carbocycles. The van der Waals surface area contributed by atoms with E-state index in [9.17, 15) is 8.42 Å². The number of sulfonamides is 1. The number of nitrogens with two attached hydrogens (primary N) is 1. The minimum atomic E-state index is -3.58. The topological polar surface area (TPSA) is 76.3 Å². The van der Waals surface area contributed by atoms with Gasteiger partial charge in [-0.05, 0) is 44.9 Å². The molecule has 0 aliphatic carbocycles. The van der Waals surface area contributed by atoms with Crippen LogP contribution in [0.1, 0.15) is 52.4 Å². The van der Waals surface area contributed by atoms with E-state index in [0.29, 0.717) is 18.0 Å². The summed E-state index contributed by atoms with van der Waals surface area (Å²) in [7, 11) is -3.58. The highest BCUT2D eigenvalue weighted by molar-refractivity contribution is 7.89. The normalized spacial score (nSPS) is 13.4. The number of benzene rings is 1. The van der Waals surface area contributed by atoms with Crippen molar-refractivity contribution in [1.29, 1.82) is 0 Å². The first-order chi connectivity index (χ1) is 12.5. The maximum atomic E-state index is 13.5. The molecule has 0 saturated heterocycles. The molecule has 2 rings (SSSR count). The fraction of sp³-hybridized carbons (Fsp3) is 0.550. The van der Waals surface area contributed by atoms with Crippen LogP contribution in [-0.4, -0.2) is 36.8 Å². The number of rotatable bonds is 11. The summed E-state index contributed by atoms with van der Waals surface area (Å²) in [5, 5.41) is 1.57. The van der Waals surface area contributed by atoms with Gasteiger partial charge in [-0.2, -0.15) is 4.31 Å². The van der Waals surface area contributed by atoms with Crippen molar-refractivity contribution >= 4 is 20.8 Å². The second kappa shape index (κ2) is 10.00. The number of aromatic nitrogens is 1. The molecule has 144 valence electrons. The second-order valence-corrected chi connectivity index (χ2v) is 8.67. The van der Waals surface area contributed by atoms with Gasteiger partial charge in [0.25, 0.3) is 0 Å². The molecule has 0 fully saturated rings. The predicted molar refractivity (Wildman–Crippen MR) is 108 cm³/mol. The van der Waals surface area contributed by atoms with Gasteiger partial charge >= 0.3 is 0 Å².